The standard InChI is InChI=1S/C10H13N5O2S/c1-6(2-16)15-7(17)3-18-10-8-9(12-4-11-8)13-5-14-10/h4-6,16H,2-3H2,1H3,(H,15,17)(H,11,12,13,14)/t6-/m0/s1. The number of imidazole rings is 1. The summed E-state index contributed by atoms with van der Waals surface area (Å²) < 4.78 is 0. The lowest BCUT2D eigenvalue weighted by molar-refractivity contribution is -0.119. The monoisotopic (exact) mass is 267 g/mol. The molecular weight excluding hydrogens is 254 g/mol. The van der Waals surface area contributed by atoms with Gasteiger partial charge in [0.15, 0.2) is 5.65 Å². The van der Waals surface area contributed by atoms with Gasteiger partial charge in [0.05, 0.1) is 18.7 Å². The quantitative estimate of drug-likeness (QED) is 0.518. The number of nitrogens with zero attached hydrogens (tertiary/aromatic N) is 3. The zero-order chi connectivity index (χ0) is 13.0. The Hall–Kier alpha value is -1.67. The van der Waals surface area contributed by atoms with Crippen molar-refractivity contribution >= 4 is 28.8 Å². The number of amides is 1. The summed E-state index contributed by atoms with van der Waals surface area (Å²) in [6.07, 6.45) is 2.96. The molecule has 0 aliphatic carbocycles. The molecule has 0 unspecified atom stereocenters. The molecule has 18 heavy (non-hydrogen) atoms. The van der Waals surface area contributed by atoms with Crippen molar-refractivity contribution in [2.24, 2.45) is 0 Å². The van der Waals surface area contributed by atoms with Crippen LogP contribution in [0.2, 0.25) is 0 Å². The van der Waals surface area contributed by atoms with Gasteiger partial charge in [0, 0.05) is 6.04 Å². The van der Waals surface area contributed by atoms with E-state index < -0.39 is 0 Å². The highest BCUT2D eigenvalue weighted by Crippen LogP contribution is 2.21. The first kappa shape index (κ1) is 12.8. The van der Waals surface area contributed by atoms with Crippen molar-refractivity contribution in [2.75, 3.05) is 12.4 Å². The maximum Gasteiger partial charge on any atom is 0.230 e. The minimum Gasteiger partial charge on any atom is -0.394 e. The van der Waals surface area contributed by atoms with Crippen LogP contribution >= 0.6 is 11.8 Å². The number of carbonyl (C=O) groups excluding carboxylic acids is 1. The number of aromatic amines is 1. The van der Waals surface area contributed by atoms with Crippen molar-refractivity contribution in [1.29, 1.82) is 0 Å². The van der Waals surface area contributed by atoms with E-state index in [0.717, 1.165) is 5.52 Å². The zero-order valence-electron chi connectivity index (χ0n) is 9.75. The highest BCUT2D eigenvalue weighted by molar-refractivity contribution is 8.00. The molecule has 0 spiro atoms. The van der Waals surface area contributed by atoms with Crippen molar-refractivity contribution in [3.05, 3.63) is 12.7 Å². The Morgan fingerprint density at radius 3 is 3.17 bits per heavy atom. The molecule has 0 aliphatic rings. The van der Waals surface area contributed by atoms with E-state index in [-0.39, 0.29) is 24.3 Å². The Kier molecular flexibility index (Phi) is 4.11. The fourth-order valence-corrected chi connectivity index (χ4v) is 2.12. The molecule has 0 fully saturated rings. The third kappa shape index (κ3) is 2.96. The van der Waals surface area contributed by atoms with Gasteiger partial charge in [0.1, 0.15) is 16.9 Å². The van der Waals surface area contributed by atoms with Gasteiger partial charge in [-0.05, 0) is 6.92 Å². The van der Waals surface area contributed by atoms with Crippen LogP contribution in [0.1, 0.15) is 6.92 Å². The Morgan fingerprint density at radius 2 is 2.39 bits per heavy atom. The Balaban J connectivity index is 1.98. The number of thioether (sulfide) groups is 1. The van der Waals surface area contributed by atoms with E-state index in [1.165, 1.54) is 24.4 Å². The van der Waals surface area contributed by atoms with Gasteiger partial charge < -0.3 is 15.4 Å². The number of nitrogens with one attached hydrogen (secondary N) is 2. The van der Waals surface area contributed by atoms with Crippen molar-refractivity contribution in [3.8, 4) is 0 Å². The molecular formula is C10H13N5O2S. The average molecular weight is 267 g/mol. The first-order valence-corrected chi connectivity index (χ1v) is 6.36. The number of aliphatic hydroxyl groups excluding tert-OH is 1. The molecule has 1 atom stereocenters. The maximum absolute atomic E-state index is 11.5. The van der Waals surface area contributed by atoms with Crippen molar-refractivity contribution in [1.82, 2.24) is 25.3 Å². The molecule has 2 heterocycles. The van der Waals surface area contributed by atoms with E-state index in [4.69, 9.17) is 5.11 Å². The molecule has 3 N–H and O–H groups in total. The second kappa shape index (κ2) is 5.78. The average Bonchev–Trinajstić information content (AvgIpc) is 2.84. The summed E-state index contributed by atoms with van der Waals surface area (Å²) in [6, 6.07) is -0.240. The normalized spacial score (nSPS) is 12.6. The van der Waals surface area contributed by atoms with Crippen molar-refractivity contribution in [2.45, 2.75) is 18.0 Å². The maximum atomic E-state index is 11.5. The molecule has 96 valence electrons. The van der Waals surface area contributed by atoms with Crippen molar-refractivity contribution < 1.29 is 9.90 Å². The summed E-state index contributed by atoms with van der Waals surface area (Å²) in [7, 11) is 0. The molecule has 0 aromatic carbocycles. The lowest BCUT2D eigenvalue weighted by Crippen LogP contribution is -2.36. The van der Waals surface area contributed by atoms with Crippen LogP contribution in [-0.4, -0.2) is 49.4 Å². The van der Waals surface area contributed by atoms with Crippen LogP contribution in [-0.2, 0) is 4.79 Å². The smallest absolute Gasteiger partial charge is 0.230 e. The van der Waals surface area contributed by atoms with Crippen LogP contribution in [0.3, 0.4) is 0 Å². The molecule has 0 saturated carbocycles. The summed E-state index contributed by atoms with van der Waals surface area (Å²) >= 11 is 1.30. The fourth-order valence-electron chi connectivity index (χ4n) is 1.35. The second-order valence-corrected chi connectivity index (χ2v) is 4.68. The predicted molar refractivity (Wildman–Crippen MR) is 67.1 cm³/mol. The Bertz CT molecular complexity index is 544. The zero-order valence-corrected chi connectivity index (χ0v) is 10.6. The van der Waals surface area contributed by atoms with Gasteiger partial charge in [0.2, 0.25) is 5.91 Å². The topological polar surface area (TPSA) is 104 Å². The Labute approximate surface area is 107 Å². The number of rotatable bonds is 5. The minimum atomic E-state index is -0.240. The number of hydrogen-bond acceptors (Lipinski definition) is 6. The highest BCUT2D eigenvalue weighted by Gasteiger charge is 2.10. The van der Waals surface area contributed by atoms with E-state index >= 15 is 0 Å². The summed E-state index contributed by atoms with van der Waals surface area (Å²) in [4.78, 5) is 26.6. The van der Waals surface area contributed by atoms with Crippen LogP contribution < -0.4 is 5.32 Å². The van der Waals surface area contributed by atoms with Crippen LogP contribution in [0.15, 0.2) is 17.7 Å². The fraction of sp³-hybridized carbons (Fsp3) is 0.400. The molecule has 2 rings (SSSR count). The van der Waals surface area contributed by atoms with Crippen molar-refractivity contribution in [3.63, 3.8) is 0 Å². The molecule has 2 aromatic heterocycles. The molecule has 0 bridgehead atoms. The molecule has 0 aliphatic heterocycles. The molecule has 0 saturated heterocycles. The summed E-state index contributed by atoms with van der Waals surface area (Å²) in [5.41, 5.74) is 1.31. The van der Waals surface area contributed by atoms with Gasteiger partial charge >= 0.3 is 0 Å². The molecule has 8 heteroatoms. The van der Waals surface area contributed by atoms with E-state index in [9.17, 15) is 4.79 Å². The van der Waals surface area contributed by atoms with Crippen LogP contribution in [0, 0.1) is 0 Å². The van der Waals surface area contributed by atoms with E-state index in [0.29, 0.717) is 10.7 Å². The SMILES string of the molecule is C[C@@H](CO)NC(=O)CSc1ncnc2nc[nH]c12. The van der Waals surface area contributed by atoms with E-state index in [1.54, 1.807) is 6.92 Å². The van der Waals surface area contributed by atoms with Gasteiger partial charge in [-0.15, -0.1) is 0 Å². The van der Waals surface area contributed by atoms with Gasteiger partial charge in [-0.1, -0.05) is 11.8 Å². The third-order valence-corrected chi connectivity index (χ3v) is 3.20. The van der Waals surface area contributed by atoms with Gasteiger partial charge in [-0.25, -0.2) is 15.0 Å². The molecule has 0 radical (unpaired) electrons. The summed E-state index contributed by atoms with van der Waals surface area (Å²) in [5, 5.41) is 12.2. The van der Waals surface area contributed by atoms with E-state index in [2.05, 4.69) is 25.3 Å². The first-order valence-electron chi connectivity index (χ1n) is 5.38. The summed E-state index contributed by atoms with van der Waals surface area (Å²) in [5.74, 6) is 0.0861. The van der Waals surface area contributed by atoms with Crippen LogP contribution in [0.4, 0.5) is 0 Å². The molecule has 2 aromatic rings. The number of aromatic nitrogens is 4. The van der Waals surface area contributed by atoms with Crippen LogP contribution in [0.5, 0.6) is 0 Å². The highest BCUT2D eigenvalue weighted by atomic mass is 32.2. The number of hydrogen-bond donors (Lipinski definition) is 3. The van der Waals surface area contributed by atoms with Gasteiger partial charge in [-0.2, -0.15) is 0 Å². The minimum absolute atomic E-state index is 0.0747. The number of carbonyl (C=O) groups is 1. The number of aliphatic hydroxyl groups is 1. The number of H-pyrrole nitrogens is 1. The van der Waals surface area contributed by atoms with Crippen LogP contribution in [0.25, 0.3) is 11.2 Å². The second-order valence-electron chi connectivity index (χ2n) is 3.72. The molecule has 7 nitrogen and oxygen atoms in total. The number of fused-ring (bicyclic) bond motifs is 1. The first-order chi connectivity index (χ1) is 8.70. The lowest BCUT2D eigenvalue weighted by atomic mass is 10.4. The lowest BCUT2D eigenvalue weighted by Gasteiger charge is -2.10. The van der Waals surface area contributed by atoms with Gasteiger partial charge in [-0.3, -0.25) is 4.79 Å². The third-order valence-electron chi connectivity index (χ3n) is 2.21. The van der Waals surface area contributed by atoms with Gasteiger partial charge in [0.25, 0.3) is 0 Å². The summed E-state index contributed by atoms with van der Waals surface area (Å²) in [6.45, 7) is 1.66. The van der Waals surface area contributed by atoms with E-state index in [1.807, 2.05) is 0 Å². The molecule has 1 amide bonds. The largest absolute Gasteiger partial charge is 0.394 e. The predicted octanol–water partition coefficient (Wildman–Crippen LogP) is -0.0580. The Morgan fingerprint density at radius 1 is 1.56 bits per heavy atom.